The highest BCUT2D eigenvalue weighted by atomic mass is 16.2. The van der Waals surface area contributed by atoms with E-state index in [0.29, 0.717) is 5.82 Å². The van der Waals surface area contributed by atoms with E-state index in [0.717, 1.165) is 0 Å². The van der Waals surface area contributed by atoms with Gasteiger partial charge in [0.15, 0.2) is 0 Å². The van der Waals surface area contributed by atoms with Crippen molar-refractivity contribution in [3.63, 3.8) is 0 Å². The first-order valence-electron chi connectivity index (χ1n) is 5.79. The minimum atomic E-state index is -0.334. The Labute approximate surface area is 106 Å². The minimum Gasteiger partial charge on any atom is -0.384 e. The predicted octanol–water partition coefficient (Wildman–Crippen LogP) is 0.308. The van der Waals surface area contributed by atoms with Crippen molar-refractivity contribution in [1.82, 2.24) is 15.6 Å². The molecule has 1 aromatic rings. The van der Waals surface area contributed by atoms with Crippen LogP contribution in [0, 0.1) is 0 Å². The van der Waals surface area contributed by atoms with E-state index in [9.17, 15) is 9.59 Å². The second-order valence-electron chi connectivity index (χ2n) is 4.18. The fourth-order valence-electron chi connectivity index (χ4n) is 1.35. The summed E-state index contributed by atoms with van der Waals surface area (Å²) in [6.45, 7) is 4.04. The molecule has 0 bridgehead atoms. The van der Waals surface area contributed by atoms with E-state index in [-0.39, 0.29) is 36.5 Å². The van der Waals surface area contributed by atoms with Gasteiger partial charge in [-0.3, -0.25) is 9.59 Å². The van der Waals surface area contributed by atoms with E-state index in [1.165, 1.54) is 0 Å². The van der Waals surface area contributed by atoms with Crippen molar-refractivity contribution in [2.24, 2.45) is 0 Å². The molecule has 0 aliphatic carbocycles. The fourth-order valence-corrected chi connectivity index (χ4v) is 1.35. The summed E-state index contributed by atoms with van der Waals surface area (Å²) in [6.07, 6.45) is 0.242. The van der Waals surface area contributed by atoms with Gasteiger partial charge in [0, 0.05) is 19.0 Å². The molecule has 1 rings (SSSR count). The van der Waals surface area contributed by atoms with Crippen LogP contribution in [0.25, 0.3) is 0 Å². The van der Waals surface area contributed by atoms with Crippen molar-refractivity contribution in [3.05, 3.63) is 23.9 Å². The average Bonchev–Trinajstić information content (AvgIpc) is 2.27. The Balaban J connectivity index is 2.36. The largest absolute Gasteiger partial charge is 0.384 e. The first-order valence-corrected chi connectivity index (χ1v) is 5.79. The summed E-state index contributed by atoms with van der Waals surface area (Å²) >= 11 is 0. The molecule has 0 saturated heterocycles. The maximum Gasteiger partial charge on any atom is 0.269 e. The van der Waals surface area contributed by atoms with Crippen molar-refractivity contribution >= 4 is 17.6 Å². The zero-order valence-corrected chi connectivity index (χ0v) is 10.6. The van der Waals surface area contributed by atoms with Crippen molar-refractivity contribution in [2.75, 3.05) is 12.3 Å². The van der Waals surface area contributed by atoms with Crippen LogP contribution in [0.5, 0.6) is 0 Å². The van der Waals surface area contributed by atoms with Gasteiger partial charge in [0.1, 0.15) is 11.5 Å². The normalized spacial score (nSPS) is 10.2. The van der Waals surface area contributed by atoms with Gasteiger partial charge in [-0.05, 0) is 26.0 Å². The van der Waals surface area contributed by atoms with E-state index >= 15 is 0 Å². The molecule has 0 aliphatic rings. The summed E-state index contributed by atoms with van der Waals surface area (Å²) < 4.78 is 0. The predicted molar refractivity (Wildman–Crippen MR) is 68.9 cm³/mol. The molecule has 0 saturated carbocycles. The molecule has 0 fully saturated rings. The van der Waals surface area contributed by atoms with Gasteiger partial charge in [-0.25, -0.2) is 4.98 Å². The topological polar surface area (TPSA) is 97.1 Å². The number of hydrogen-bond acceptors (Lipinski definition) is 4. The standard InChI is InChI=1S/C12H18N4O2/c1-8(2)15-11(17)6-7-14-12(18)9-4-3-5-10(13)16-9/h3-5,8H,6-7H2,1-2H3,(H2,13,16)(H,14,18)(H,15,17). The molecule has 2 amide bonds. The third kappa shape index (κ3) is 4.82. The van der Waals surface area contributed by atoms with E-state index in [2.05, 4.69) is 15.6 Å². The van der Waals surface area contributed by atoms with E-state index in [1.807, 2.05) is 13.8 Å². The molecule has 0 atom stereocenters. The van der Waals surface area contributed by atoms with Gasteiger partial charge >= 0.3 is 0 Å². The number of carbonyl (C=O) groups excluding carboxylic acids is 2. The Morgan fingerprint density at radius 1 is 1.39 bits per heavy atom. The molecule has 6 nitrogen and oxygen atoms in total. The van der Waals surface area contributed by atoms with Crippen molar-refractivity contribution < 1.29 is 9.59 Å². The van der Waals surface area contributed by atoms with Crippen LogP contribution in [0.1, 0.15) is 30.8 Å². The van der Waals surface area contributed by atoms with E-state index < -0.39 is 0 Å². The zero-order chi connectivity index (χ0) is 13.5. The van der Waals surface area contributed by atoms with Gasteiger partial charge in [-0.2, -0.15) is 0 Å². The number of nitrogens with two attached hydrogens (primary N) is 1. The number of pyridine rings is 1. The van der Waals surface area contributed by atoms with Crippen molar-refractivity contribution in [1.29, 1.82) is 0 Å². The van der Waals surface area contributed by atoms with E-state index in [4.69, 9.17) is 5.73 Å². The molecule has 1 aromatic heterocycles. The van der Waals surface area contributed by atoms with Crippen LogP contribution in [0.2, 0.25) is 0 Å². The molecule has 6 heteroatoms. The lowest BCUT2D eigenvalue weighted by atomic mass is 10.3. The van der Waals surface area contributed by atoms with Crippen LogP contribution >= 0.6 is 0 Å². The molecule has 0 unspecified atom stereocenters. The van der Waals surface area contributed by atoms with Crippen LogP contribution in [-0.4, -0.2) is 29.4 Å². The van der Waals surface area contributed by atoms with Crippen LogP contribution in [0.4, 0.5) is 5.82 Å². The number of anilines is 1. The molecule has 18 heavy (non-hydrogen) atoms. The Hall–Kier alpha value is -2.11. The highest BCUT2D eigenvalue weighted by molar-refractivity contribution is 5.92. The molecule has 4 N–H and O–H groups in total. The number of nitrogens with one attached hydrogen (secondary N) is 2. The van der Waals surface area contributed by atoms with Crippen LogP contribution in [0.3, 0.4) is 0 Å². The van der Waals surface area contributed by atoms with Gasteiger partial charge in [0.05, 0.1) is 0 Å². The van der Waals surface area contributed by atoms with Gasteiger partial charge in [0.25, 0.3) is 5.91 Å². The van der Waals surface area contributed by atoms with Crippen LogP contribution < -0.4 is 16.4 Å². The Kier molecular flexibility index (Phi) is 5.10. The Morgan fingerprint density at radius 3 is 2.72 bits per heavy atom. The number of carbonyl (C=O) groups is 2. The summed E-state index contributed by atoms with van der Waals surface area (Å²) in [5, 5.41) is 5.35. The first kappa shape index (κ1) is 14.0. The molecule has 98 valence electrons. The van der Waals surface area contributed by atoms with Gasteiger partial charge in [-0.15, -0.1) is 0 Å². The molecule has 1 heterocycles. The minimum absolute atomic E-state index is 0.0918. The second kappa shape index (κ2) is 6.58. The smallest absolute Gasteiger partial charge is 0.269 e. The maximum absolute atomic E-state index is 11.6. The fraction of sp³-hybridized carbons (Fsp3) is 0.417. The number of nitrogens with zero attached hydrogens (tertiary/aromatic N) is 1. The van der Waals surface area contributed by atoms with Crippen molar-refractivity contribution in [3.8, 4) is 0 Å². The molecular weight excluding hydrogens is 232 g/mol. The number of nitrogen functional groups attached to an aromatic ring is 1. The van der Waals surface area contributed by atoms with Gasteiger partial charge < -0.3 is 16.4 Å². The van der Waals surface area contributed by atoms with Crippen LogP contribution in [-0.2, 0) is 4.79 Å². The summed E-state index contributed by atoms with van der Waals surface area (Å²) in [5.74, 6) is -0.134. The summed E-state index contributed by atoms with van der Waals surface area (Å²) in [7, 11) is 0. The zero-order valence-electron chi connectivity index (χ0n) is 10.6. The van der Waals surface area contributed by atoms with Crippen molar-refractivity contribution in [2.45, 2.75) is 26.3 Å². The highest BCUT2D eigenvalue weighted by Gasteiger charge is 2.08. The lowest BCUT2D eigenvalue weighted by Gasteiger charge is -2.08. The summed E-state index contributed by atoms with van der Waals surface area (Å²) in [6, 6.07) is 4.93. The number of amides is 2. The highest BCUT2D eigenvalue weighted by Crippen LogP contribution is 1.99. The quantitative estimate of drug-likeness (QED) is 0.700. The Bertz CT molecular complexity index is 432. The van der Waals surface area contributed by atoms with Crippen LogP contribution in [0.15, 0.2) is 18.2 Å². The maximum atomic E-state index is 11.6. The molecule has 0 aliphatic heterocycles. The molecular formula is C12H18N4O2. The Morgan fingerprint density at radius 2 is 2.11 bits per heavy atom. The third-order valence-corrected chi connectivity index (χ3v) is 2.09. The lowest BCUT2D eigenvalue weighted by Crippen LogP contribution is -2.34. The number of aromatic nitrogens is 1. The average molecular weight is 250 g/mol. The lowest BCUT2D eigenvalue weighted by molar-refractivity contribution is -0.121. The number of rotatable bonds is 5. The molecule has 0 aromatic carbocycles. The van der Waals surface area contributed by atoms with Gasteiger partial charge in [-0.1, -0.05) is 6.07 Å². The third-order valence-electron chi connectivity index (χ3n) is 2.09. The van der Waals surface area contributed by atoms with Gasteiger partial charge in [0.2, 0.25) is 5.91 Å². The monoisotopic (exact) mass is 250 g/mol. The first-order chi connectivity index (χ1) is 8.49. The molecule has 0 spiro atoms. The summed E-state index contributed by atoms with van der Waals surface area (Å²) in [4.78, 5) is 26.9. The SMILES string of the molecule is CC(C)NC(=O)CCNC(=O)c1cccc(N)n1. The number of hydrogen-bond donors (Lipinski definition) is 3. The van der Waals surface area contributed by atoms with E-state index in [1.54, 1.807) is 18.2 Å². The second-order valence-corrected chi connectivity index (χ2v) is 4.18. The summed E-state index contributed by atoms with van der Waals surface area (Å²) in [5.41, 5.74) is 5.72. The molecule has 0 radical (unpaired) electrons.